The number of benzene rings is 1. The van der Waals surface area contributed by atoms with Crippen LogP contribution in [0.15, 0.2) is 24.3 Å². The maximum absolute atomic E-state index is 13.1. The van der Waals surface area contributed by atoms with Crippen LogP contribution in [0.25, 0.3) is 0 Å². The van der Waals surface area contributed by atoms with Crippen LogP contribution in [0.5, 0.6) is 0 Å². The van der Waals surface area contributed by atoms with Crippen LogP contribution in [-0.4, -0.2) is 47.3 Å². The number of piperazine rings is 1. The molecule has 0 aromatic heterocycles. The van der Waals surface area contributed by atoms with Crippen molar-refractivity contribution < 1.29 is 14.0 Å². The van der Waals surface area contributed by atoms with Crippen LogP contribution in [0, 0.1) is 5.82 Å². The molecule has 1 aromatic rings. The molecule has 2 rings (SSSR count). The summed E-state index contributed by atoms with van der Waals surface area (Å²) in [7, 11) is 0. The van der Waals surface area contributed by atoms with Crippen LogP contribution < -0.4 is 5.73 Å². The zero-order chi connectivity index (χ0) is 14.7. The first-order valence-electron chi connectivity index (χ1n) is 6.54. The minimum absolute atomic E-state index is 0. The van der Waals surface area contributed by atoms with Gasteiger partial charge >= 0.3 is 0 Å². The van der Waals surface area contributed by atoms with Crippen molar-refractivity contribution in [1.82, 2.24) is 9.80 Å². The second-order valence-electron chi connectivity index (χ2n) is 4.99. The van der Waals surface area contributed by atoms with Crippen LogP contribution in [0.3, 0.4) is 0 Å². The summed E-state index contributed by atoms with van der Waals surface area (Å²) in [6.45, 7) is 2.90. The van der Waals surface area contributed by atoms with Gasteiger partial charge < -0.3 is 15.5 Å². The fourth-order valence-corrected chi connectivity index (χ4v) is 2.21. The number of hydrogen-bond acceptors (Lipinski definition) is 3. The van der Waals surface area contributed by atoms with Gasteiger partial charge in [-0.25, -0.2) is 4.39 Å². The van der Waals surface area contributed by atoms with Crippen molar-refractivity contribution in [3.05, 3.63) is 35.6 Å². The average Bonchev–Trinajstić information content (AvgIpc) is 2.40. The lowest BCUT2D eigenvalue weighted by molar-refractivity contribution is -0.146. The molecule has 5 nitrogen and oxygen atoms in total. The number of nitrogens with zero attached hydrogens (tertiary/aromatic N) is 2. The van der Waals surface area contributed by atoms with Crippen molar-refractivity contribution in [2.24, 2.45) is 5.73 Å². The van der Waals surface area contributed by atoms with E-state index in [1.807, 2.05) is 0 Å². The number of carbonyl (C=O) groups excluding carboxylic acids is 2. The Morgan fingerprint density at radius 2 is 2.14 bits per heavy atom. The Morgan fingerprint density at radius 3 is 2.71 bits per heavy atom. The van der Waals surface area contributed by atoms with E-state index in [0.717, 1.165) is 5.56 Å². The van der Waals surface area contributed by atoms with Crippen molar-refractivity contribution in [3.8, 4) is 0 Å². The monoisotopic (exact) mass is 315 g/mol. The lowest BCUT2D eigenvalue weighted by Gasteiger charge is -2.35. The van der Waals surface area contributed by atoms with E-state index in [9.17, 15) is 14.0 Å². The molecule has 2 amide bonds. The molecule has 1 aliphatic heterocycles. The number of carbonyl (C=O) groups is 2. The van der Waals surface area contributed by atoms with Gasteiger partial charge in [-0.15, -0.1) is 12.4 Å². The molecular weight excluding hydrogens is 297 g/mol. The summed E-state index contributed by atoms with van der Waals surface area (Å²) in [6, 6.07) is 5.57. The molecular formula is C14H19ClFN3O2. The molecule has 0 spiro atoms. The predicted octanol–water partition coefficient (Wildman–Crippen LogP) is 0.766. The van der Waals surface area contributed by atoms with Crippen molar-refractivity contribution in [2.45, 2.75) is 19.5 Å². The number of halogens is 2. The summed E-state index contributed by atoms with van der Waals surface area (Å²) in [5.74, 6) is -0.681. The van der Waals surface area contributed by atoms with Crippen LogP contribution in [0.2, 0.25) is 0 Å². The first kappa shape index (κ1) is 17.4. The van der Waals surface area contributed by atoms with Gasteiger partial charge in [-0.3, -0.25) is 9.59 Å². The highest BCUT2D eigenvalue weighted by Crippen LogP contribution is 2.11. The molecule has 7 heteroatoms. The normalized spacial score (nSPS) is 16.4. The highest BCUT2D eigenvalue weighted by molar-refractivity contribution is 5.88. The first-order chi connectivity index (χ1) is 9.47. The van der Waals surface area contributed by atoms with E-state index in [1.54, 1.807) is 24.0 Å². The van der Waals surface area contributed by atoms with Gasteiger partial charge in [0.1, 0.15) is 5.82 Å². The molecule has 1 saturated heterocycles. The number of hydrogen-bond donors (Lipinski definition) is 1. The average molecular weight is 316 g/mol. The molecule has 0 bridgehead atoms. The van der Waals surface area contributed by atoms with E-state index in [2.05, 4.69) is 0 Å². The predicted molar refractivity (Wildman–Crippen MR) is 79.3 cm³/mol. The fraction of sp³-hybridized carbons (Fsp3) is 0.429. The third kappa shape index (κ3) is 4.41. The highest BCUT2D eigenvalue weighted by Gasteiger charge is 2.28. The number of rotatable bonds is 3. The van der Waals surface area contributed by atoms with Gasteiger partial charge in [-0.05, 0) is 24.6 Å². The molecule has 0 radical (unpaired) electrons. The van der Waals surface area contributed by atoms with Gasteiger partial charge in [0.25, 0.3) is 0 Å². The van der Waals surface area contributed by atoms with E-state index in [0.29, 0.717) is 19.6 Å². The molecule has 1 heterocycles. The van der Waals surface area contributed by atoms with Gasteiger partial charge in [0.15, 0.2) is 0 Å². The summed E-state index contributed by atoms with van der Waals surface area (Å²) in [4.78, 5) is 26.8. The lowest BCUT2D eigenvalue weighted by atomic mass is 10.2. The second kappa shape index (κ2) is 7.38. The van der Waals surface area contributed by atoms with Crippen molar-refractivity contribution in [1.29, 1.82) is 0 Å². The van der Waals surface area contributed by atoms with Crippen LogP contribution in [0.4, 0.5) is 4.39 Å². The summed E-state index contributed by atoms with van der Waals surface area (Å²) in [5, 5.41) is 0. The van der Waals surface area contributed by atoms with E-state index >= 15 is 0 Å². The largest absolute Gasteiger partial charge is 0.335 e. The first-order valence-corrected chi connectivity index (χ1v) is 6.54. The molecule has 21 heavy (non-hydrogen) atoms. The Balaban J connectivity index is 0.00000220. The summed E-state index contributed by atoms with van der Waals surface area (Å²) in [6.07, 6.45) is 0. The summed E-state index contributed by atoms with van der Waals surface area (Å²) in [5.41, 5.74) is 6.27. The molecule has 1 aliphatic rings. The quantitative estimate of drug-likeness (QED) is 0.896. The SMILES string of the molecule is C[C@H](N)C(=O)N1CCN(Cc2cccc(F)c2)C(=O)C1.Cl. The Kier molecular flexibility index (Phi) is 6.11. The van der Waals surface area contributed by atoms with Gasteiger partial charge in [0.05, 0.1) is 12.6 Å². The summed E-state index contributed by atoms with van der Waals surface area (Å²) < 4.78 is 13.1. The Bertz CT molecular complexity index is 525. The smallest absolute Gasteiger partial charge is 0.242 e. The van der Waals surface area contributed by atoms with Gasteiger partial charge in [-0.1, -0.05) is 12.1 Å². The van der Waals surface area contributed by atoms with Gasteiger partial charge in [0.2, 0.25) is 11.8 Å². The standard InChI is InChI=1S/C14H18FN3O2.ClH/c1-10(16)14(20)18-6-5-17(13(19)9-18)8-11-3-2-4-12(15)7-11;/h2-4,7,10H,5-6,8-9,16H2,1H3;1H/t10-;/m0./s1. The van der Waals surface area contributed by atoms with Crippen molar-refractivity contribution in [3.63, 3.8) is 0 Å². The third-order valence-electron chi connectivity index (χ3n) is 3.28. The molecule has 1 aromatic carbocycles. The number of amides is 2. The maximum atomic E-state index is 13.1. The maximum Gasteiger partial charge on any atom is 0.242 e. The van der Waals surface area contributed by atoms with Crippen molar-refractivity contribution >= 4 is 24.2 Å². The molecule has 0 aliphatic carbocycles. The van der Waals surface area contributed by atoms with Crippen LogP contribution >= 0.6 is 12.4 Å². The van der Waals surface area contributed by atoms with Crippen LogP contribution in [-0.2, 0) is 16.1 Å². The van der Waals surface area contributed by atoms with Crippen molar-refractivity contribution in [2.75, 3.05) is 19.6 Å². The van der Waals surface area contributed by atoms with Gasteiger partial charge in [-0.2, -0.15) is 0 Å². The molecule has 1 fully saturated rings. The topological polar surface area (TPSA) is 66.6 Å². The Morgan fingerprint density at radius 1 is 1.43 bits per heavy atom. The van der Waals surface area contributed by atoms with E-state index in [4.69, 9.17) is 5.73 Å². The third-order valence-corrected chi connectivity index (χ3v) is 3.28. The fourth-order valence-electron chi connectivity index (χ4n) is 2.21. The zero-order valence-corrected chi connectivity index (χ0v) is 12.6. The highest BCUT2D eigenvalue weighted by atomic mass is 35.5. The molecule has 2 N–H and O–H groups in total. The minimum atomic E-state index is -0.599. The van der Waals surface area contributed by atoms with Gasteiger partial charge in [0, 0.05) is 19.6 Å². The second-order valence-corrected chi connectivity index (χ2v) is 4.99. The van der Waals surface area contributed by atoms with E-state index < -0.39 is 6.04 Å². The number of nitrogens with two attached hydrogens (primary N) is 1. The Labute approximate surface area is 129 Å². The Hall–Kier alpha value is -1.66. The summed E-state index contributed by atoms with van der Waals surface area (Å²) >= 11 is 0. The lowest BCUT2D eigenvalue weighted by Crippen LogP contribution is -2.54. The molecule has 116 valence electrons. The zero-order valence-electron chi connectivity index (χ0n) is 11.8. The molecule has 1 atom stereocenters. The molecule has 0 saturated carbocycles. The minimum Gasteiger partial charge on any atom is -0.335 e. The van der Waals surface area contributed by atoms with Crippen LogP contribution in [0.1, 0.15) is 12.5 Å². The van der Waals surface area contributed by atoms with E-state index in [-0.39, 0.29) is 36.6 Å². The van der Waals surface area contributed by atoms with E-state index in [1.165, 1.54) is 17.0 Å². The molecule has 0 unspecified atom stereocenters.